The van der Waals surface area contributed by atoms with Crippen molar-refractivity contribution in [2.45, 2.75) is 38.6 Å². The van der Waals surface area contributed by atoms with Gasteiger partial charge in [-0.15, -0.1) is 0 Å². The monoisotopic (exact) mass is 412 g/mol. The van der Waals surface area contributed by atoms with Gasteiger partial charge in [0, 0.05) is 17.7 Å². The molecular formula is C22H21ClN2O4. The number of carboxylic acids is 1. The molecule has 150 valence electrons. The third-order valence-electron chi connectivity index (χ3n) is 5.19. The lowest BCUT2D eigenvalue weighted by Crippen LogP contribution is -2.41. The summed E-state index contributed by atoms with van der Waals surface area (Å²) in [6.45, 7) is 2.11. The highest BCUT2D eigenvalue weighted by Crippen LogP contribution is 2.28. The van der Waals surface area contributed by atoms with Crippen LogP contribution in [0, 0.1) is 17.2 Å². The second-order valence-corrected chi connectivity index (χ2v) is 7.62. The van der Waals surface area contributed by atoms with E-state index in [-0.39, 0.29) is 22.2 Å². The molecule has 0 radical (unpaired) electrons. The van der Waals surface area contributed by atoms with Crippen LogP contribution in [0.25, 0.3) is 17.4 Å². The zero-order valence-electron chi connectivity index (χ0n) is 15.9. The molecule has 1 aliphatic rings. The molecule has 0 bridgehead atoms. The molecule has 0 saturated heterocycles. The van der Waals surface area contributed by atoms with Gasteiger partial charge in [0.2, 0.25) is 0 Å². The molecule has 3 rings (SSSR count). The molecule has 1 amide bonds. The van der Waals surface area contributed by atoms with Crippen LogP contribution in [0.5, 0.6) is 0 Å². The van der Waals surface area contributed by atoms with Gasteiger partial charge in [0.15, 0.2) is 0 Å². The minimum Gasteiger partial charge on any atom is -0.478 e. The number of furan rings is 1. The van der Waals surface area contributed by atoms with Crippen LogP contribution in [0.3, 0.4) is 0 Å². The molecule has 2 atom stereocenters. The topological polar surface area (TPSA) is 103 Å². The summed E-state index contributed by atoms with van der Waals surface area (Å²) in [5, 5.41) is 21.5. The van der Waals surface area contributed by atoms with Gasteiger partial charge in [0.05, 0.1) is 10.6 Å². The Morgan fingerprint density at radius 3 is 2.69 bits per heavy atom. The van der Waals surface area contributed by atoms with Gasteiger partial charge in [-0.05, 0) is 43.0 Å². The number of carbonyl (C=O) groups excluding carboxylic acids is 1. The van der Waals surface area contributed by atoms with Crippen LogP contribution >= 0.6 is 11.6 Å². The number of amides is 1. The molecule has 0 spiro atoms. The van der Waals surface area contributed by atoms with E-state index in [1.54, 1.807) is 18.2 Å². The summed E-state index contributed by atoms with van der Waals surface area (Å²) in [6.07, 6.45) is 5.64. The van der Waals surface area contributed by atoms with E-state index in [1.165, 1.54) is 24.6 Å². The molecule has 1 aromatic carbocycles. The van der Waals surface area contributed by atoms with Crippen LogP contribution in [0.15, 0.2) is 40.3 Å². The third-order valence-corrected chi connectivity index (χ3v) is 5.50. The first-order valence-corrected chi connectivity index (χ1v) is 9.82. The molecule has 7 heteroatoms. The van der Waals surface area contributed by atoms with Crippen molar-refractivity contribution in [3.63, 3.8) is 0 Å². The minimum atomic E-state index is -1.11. The van der Waals surface area contributed by atoms with E-state index >= 15 is 0 Å². The highest BCUT2D eigenvalue weighted by Gasteiger charge is 2.24. The molecule has 1 fully saturated rings. The lowest BCUT2D eigenvalue weighted by atomic mass is 9.86. The molecule has 6 nitrogen and oxygen atoms in total. The summed E-state index contributed by atoms with van der Waals surface area (Å²) in [5.41, 5.74) is 0.573. The fourth-order valence-electron chi connectivity index (χ4n) is 3.50. The van der Waals surface area contributed by atoms with Crippen molar-refractivity contribution in [3.8, 4) is 17.4 Å². The molecular weight excluding hydrogens is 392 g/mol. The van der Waals surface area contributed by atoms with Crippen molar-refractivity contribution >= 4 is 29.6 Å². The quantitative estimate of drug-likeness (QED) is 0.537. The number of halogens is 1. The number of hydrogen-bond donors (Lipinski definition) is 2. The van der Waals surface area contributed by atoms with Gasteiger partial charge in [-0.1, -0.05) is 37.4 Å². The van der Waals surface area contributed by atoms with Crippen molar-refractivity contribution < 1.29 is 19.1 Å². The first-order valence-electron chi connectivity index (χ1n) is 9.44. The van der Waals surface area contributed by atoms with Crippen LogP contribution < -0.4 is 5.32 Å². The largest absolute Gasteiger partial charge is 0.478 e. The van der Waals surface area contributed by atoms with Crippen LogP contribution in [-0.4, -0.2) is 23.0 Å². The fraction of sp³-hybridized carbons (Fsp3) is 0.318. The van der Waals surface area contributed by atoms with Gasteiger partial charge < -0.3 is 14.8 Å². The summed E-state index contributed by atoms with van der Waals surface area (Å²) in [7, 11) is 0. The Morgan fingerprint density at radius 1 is 1.28 bits per heavy atom. The number of aromatic carboxylic acids is 1. The maximum Gasteiger partial charge on any atom is 0.337 e. The van der Waals surface area contributed by atoms with Crippen LogP contribution in [0.4, 0.5) is 0 Å². The summed E-state index contributed by atoms with van der Waals surface area (Å²) >= 11 is 6.00. The lowest BCUT2D eigenvalue weighted by Gasteiger charge is -2.29. The van der Waals surface area contributed by atoms with Gasteiger partial charge in [-0.3, -0.25) is 4.79 Å². The van der Waals surface area contributed by atoms with Gasteiger partial charge in [0.25, 0.3) is 5.91 Å². The molecule has 29 heavy (non-hydrogen) atoms. The summed E-state index contributed by atoms with van der Waals surface area (Å²) in [4.78, 5) is 23.6. The number of nitrogens with zero attached hydrogens (tertiary/aromatic N) is 1. The molecule has 1 aromatic heterocycles. The van der Waals surface area contributed by atoms with Crippen molar-refractivity contribution in [3.05, 3.63) is 52.3 Å². The van der Waals surface area contributed by atoms with E-state index in [0.29, 0.717) is 23.0 Å². The Morgan fingerprint density at radius 2 is 2.03 bits per heavy atom. The SMILES string of the molecule is CC1CCCCC1NC(=O)/C(C#N)=C/c1ccc(-c2ccc(C(=O)O)c(Cl)c2)o1. The number of nitriles is 1. The molecule has 2 unspecified atom stereocenters. The summed E-state index contributed by atoms with van der Waals surface area (Å²) < 4.78 is 5.71. The van der Waals surface area contributed by atoms with E-state index in [1.807, 2.05) is 6.07 Å². The Hall–Kier alpha value is -3.04. The maximum atomic E-state index is 12.5. The molecule has 2 aromatic rings. The zero-order chi connectivity index (χ0) is 21.0. The van der Waals surface area contributed by atoms with Crippen molar-refractivity contribution in [2.75, 3.05) is 0 Å². The maximum absolute atomic E-state index is 12.5. The molecule has 1 aliphatic carbocycles. The highest BCUT2D eigenvalue weighted by atomic mass is 35.5. The number of rotatable bonds is 5. The summed E-state index contributed by atoms with van der Waals surface area (Å²) in [5.74, 6) is -0.323. The standard InChI is InChI=1S/C22H21ClN2O4/c1-13-4-2-3-5-19(13)25-21(26)15(12-24)10-16-7-9-20(29-16)14-6-8-17(22(27)28)18(23)11-14/h6-11,13,19H,2-5H2,1H3,(H,25,26)(H,27,28)/b15-10+. The van der Waals surface area contributed by atoms with Crippen molar-refractivity contribution in [2.24, 2.45) is 5.92 Å². The lowest BCUT2D eigenvalue weighted by molar-refractivity contribution is -0.118. The van der Waals surface area contributed by atoms with E-state index < -0.39 is 11.9 Å². The first-order chi connectivity index (χ1) is 13.9. The Balaban J connectivity index is 1.77. The van der Waals surface area contributed by atoms with Gasteiger partial charge >= 0.3 is 5.97 Å². The third kappa shape index (κ3) is 4.87. The predicted molar refractivity (Wildman–Crippen MR) is 109 cm³/mol. The number of carbonyl (C=O) groups is 2. The van der Waals surface area contributed by atoms with Gasteiger partial charge in [-0.25, -0.2) is 4.79 Å². The first kappa shape index (κ1) is 20.7. The zero-order valence-corrected chi connectivity index (χ0v) is 16.7. The Bertz CT molecular complexity index is 1000. The molecule has 1 saturated carbocycles. The van der Waals surface area contributed by atoms with Crippen LogP contribution in [-0.2, 0) is 4.79 Å². The second-order valence-electron chi connectivity index (χ2n) is 7.21. The van der Waals surface area contributed by atoms with Gasteiger partial charge in [0.1, 0.15) is 23.2 Å². The van der Waals surface area contributed by atoms with E-state index in [2.05, 4.69) is 12.2 Å². The Kier molecular flexibility index (Phi) is 6.40. The van der Waals surface area contributed by atoms with Crippen molar-refractivity contribution in [1.82, 2.24) is 5.32 Å². The number of benzene rings is 1. The molecule has 1 heterocycles. The van der Waals surface area contributed by atoms with E-state index in [0.717, 1.165) is 19.3 Å². The number of carboxylic acid groups (broad SMARTS) is 1. The summed E-state index contributed by atoms with van der Waals surface area (Å²) in [6, 6.07) is 9.82. The average Bonchev–Trinajstić information content (AvgIpc) is 3.16. The highest BCUT2D eigenvalue weighted by molar-refractivity contribution is 6.33. The van der Waals surface area contributed by atoms with Crippen LogP contribution in [0.1, 0.15) is 48.7 Å². The molecule has 2 N–H and O–H groups in total. The number of hydrogen-bond acceptors (Lipinski definition) is 4. The van der Waals surface area contributed by atoms with Crippen molar-refractivity contribution in [1.29, 1.82) is 5.26 Å². The average molecular weight is 413 g/mol. The normalized spacial score (nSPS) is 19.4. The predicted octanol–water partition coefficient (Wildman–Crippen LogP) is 4.90. The van der Waals surface area contributed by atoms with Crippen LogP contribution in [0.2, 0.25) is 5.02 Å². The molecule has 0 aliphatic heterocycles. The van der Waals surface area contributed by atoms with Gasteiger partial charge in [-0.2, -0.15) is 5.26 Å². The fourth-order valence-corrected chi connectivity index (χ4v) is 3.76. The number of nitrogens with one attached hydrogen (secondary N) is 1. The smallest absolute Gasteiger partial charge is 0.337 e. The minimum absolute atomic E-state index is 0.00229. The Labute approximate surface area is 173 Å². The van der Waals surface area contributed by atoms with E-state index in [4.69, 9.17) is 21.1 Å². The van der Waals surface area contributed by atoms with E-state index in [9.17, 15) is 14.9 Å². The second kappa shape index (κ2) is 8.97.